The van der Waals surface area contributed by atoms with Crippen molar-refractivity contribution in [3.63, 3.8) is 0 Å². The normalized spacial score (nSPS) is 17.1. The SMILES string of the molecule is CCC(CC)(CO)CN1C(=O)CNC1=O. The van der Waals surface area contributed by atoms with Gasteiger partial charge in [-0.15, -0.1) is 0 Å². The number of nitrogens with zero attached hydrogens (tertiary/aromatic N) is 1. The van der Waals surface area contributed by atoms with Gasteiger partial charge in [0, 0.05) is 12.0 Å². The Hall–Kier alpha value is -1.10. The highest BCUT2D eigenvalue weighted by Crippen LogP contribution is 2.27. The molecule has 0 saturated carbocycles. The fraction of sp³-hybridized carbons (Fsp3) is 0.800. The van der Waals surface area contributed by atoms with E-state index in [-0.39, 0.29) is 30.5 Å². The maximum atomic E-state index is 11.4. The summed E-state index contributed by atoms with van der Waals surface area (Å²) in [5, 5.41) is 11.8. The number of imide groups is 1. The Labute approximate surface area is 89.4 Å². The largest absolute Gasteiger partial charge is 0.396 e. The molecular weight excluding hydrogens is 196 g/mol. The molecule has 1 aliphatic heterocycles. The van der Waals surface area contributed by atoms with Crippen LogP contribution in [0.5, 0.6) is 0 Å². The number of aliphatic hydroxyl groups excluding tert-OH is 1. The Morgan fingerprint density at radius 2 is 2.00 bits per heavy atom. The van der Waals surface area contributed by atoms with E-state index in [1.807, 2.05) is 13.8 Å². The van der Waals surface area contributed by atoms with Crippen LogP contribution in [-0.2, 0) is 4.79 Å². The Morgan fingerprint density at radius 1 is 1.40 bits per heavy atom. The van der Waals surface area contributed by atoms with Crippen LogP contribution in [0.25, 0.3) is 0 Å². The van der Waals surface area contributed by atoms with Gasteiger partial charge in [-0.3, -0.25) is 9.69 Å². The number of aliphatic hydroxyl groups is 1. The number of nitrogens with one attached hydrogen (secondary N) is 1. The minimum atomic E-state index is -0.350. The molecule has 15 heavy (non-hydrogen) atoms. The first-order chi connectivity index (χ1) is 7.08. The van der Waals surface area contributed by atoms with Crippen molar-refractivity contribution in [2.24, 2.45) is 5.41 Å². The summed E-state index contributed by atoms with van der Waals surface area (Å²) in [7, 11) is 0. The smallest absolute Gasteiger partial charge is 0.324 e. The molecule has 0 aliphatic carbocycles. The molecule has 0 aromatic carbocycles. The average molecular weight is 214 g/mol. The van der Waals surface area contributed by atoms with E-state index in [1.165, 1.54) is 4.90 Å². The summed E-state index contributed by atoms with van der Waals surface area (Å²) in [5.41, 5.74) is -0.350. The molecule has 5 nitrogen and oxygen atoms in total. The van der Waals surface area contributed by atoms with Crippen LogP contribution in [-0.4, -0.2) is 41.6 Å². The van der Waals surface area contributed by atoms with Crippen LogP contribution in [0, 0.1) is 5.41 Å². The van der Waals surface area contributed by atoms with Crippen molar-refractivity contribution in [1.29, 1.82) is 0 Å². The van der Waals surface area contributed by atoms with Crippen molar-refractivity contribution in [2.45, 2.75) is 26.7 Å². The van der Waals surface area contributed by atoms with Gasteiger partial charge in [0.2, 0.25) is 5.91 Å². The summed E-state index contributed by atoms with van der Waals surface area (Å²) in [6, 6.07) is -0.347. The third-order valence-electron chi connectivity index (χ3n) is 3.27. The first-order valence-electron chi connectivity index (χ1n) is 5.27. The second-order valence-corrected chi connectivity index (χ2v) is 4.00. The third kappa shape index (κ3) is 2.28. The fourth-order valence-corrected chi connectivity index (χ4v) is 1.70. The molecule has 1 aliphatic rings. The minimum absolute atomic E-state index is 0.00292. The summed E-state index contributed by atoms with van der Waals surface area (Å²) in [6.45, 7) is 4.29. The van der Waals surface area contributed by atoms with Gasteiger partial charge in [-0.2, -0.15) is 0 Å². The van der Waals surface area contributed by atoms with Gasteiger partial charge < -0.3 is 10.4 Å². The van der Waals surface area contributed by atoms with E-state index >= 15 is 0 Å². The van der Waals surface area contributed by atoms with Crippen LogP contribution < -0.4 is 5.32 Å². The average Bonchev–Trinajstić information content (AvgIpc) is 2.57. The molecule has 1 heterocycles. The second kappa shape index (κ2) is 4.61. The molecule has 0 spiro atoms. The van der Waals surface area contributed by atoms with Gasteiger partial charge in [0.25, 0.3) is 0 Å². The summed E-state index contributed by atoms with van der Waals surface area (Å²) in [4.78, 5) is 23.9. The van der Waals surface area contributed by atoms with Crippen LogP contribution in [0.4, 0.5) is 4.79 Å². The molecule has 1 saturated heterocycles. The van der Waals surface area contributed by atoms with Gasteiger partial charge in [-0.05, 0) is 12.8 Å². The lowest BCUT2D eigenvalue weighted by molar-refractivity contribution is -0.126. The number of urea groups is 1. The van der Waals surface area contributed by atoms with Crippen LogP contribution >= 0.6 is 0 Å². The van der Waals surface area contributed by atoms with Crippen molar-refractivity contribution in [2.75, 3.05) is 19.7 Å². The van der Waals surface area contributed by atoms with E-state index in [1.54, 1.807) is 0 Å². The summed E-state index contributed by atoms with van der Waals surface area (Å²) < 4.78 is 0. The van der Waals surface area contributed by atoms with Crippen LogP contribution in [0.15, 0.2) is 0 Å². The lowest BCUT2D eigenvalue weighted by Crippen LogP contribution is -2.43. The summed E-state index contributed by atoms with van der Waals surface area (Å²) in [5.74, 6) is -0.209. The van der Waals surface area contributed by atoms with Crippen molar-refractivity contribution in [3.05, 3.63) is 0 Å². The van der Waals surface area contributed by atoms with Gasteiger partial charge in [0.1, 0.15) is 0 Å². The number of carbonyl (C=O) groups is 2. The quantitative estimate of drug-likeness (QED) is 0.648. The summed E-state index contributed by atoms with van der Waals surface area (Å²) >= 11 is 0. The van der Waals surface area contributed by atoms with Gasteiger partial charge in [0.15, 0.2) is 0 Å². The molecule has 0 aromatic heterocycles. The van der Waals surface area contributed by atoms with E-state index in [0.717, 1.165) is 12.8 Å². The maximum Gasteiger partial charge on any atom is 0.324 e. The standard InChI is InChI=1S/C10H18N2O3/c1-3-10(4-2,7-13)6-12-8(14)5-11-9(12)15/h13H,3-7H2,1-2H3,(H,11,15). The molecule has 0 bridgehead atoms. The summed E-state index contributed by atoms with van der Waals surface area (Å²) in [6.07, 6.45) is 1.49. The Balaban J connectivity index is 2.73. The van der Waals surface area contributed by atoms with E-state index in [2.05, 4.69) is 5.32 Å². The number of carbonyl (C=O) groups excluding carboxylic acids is 2. The molecule has 0 radical (unpaired) electrons. The molecule has 0 aromatic rings. The molecular formula is C10H18N2O3. The zero-order chi connectivity index (χ0) is 11.5. The molecule has 0 unspecified atom stereocenters. The highest BCUT2D eigenvalue weighted by atomic mass is 16.3. The van der Waals surface area contributed by atoms with Crippen molar-refractivity contribution in [3.8, 4) is 0 Å². The Morgan fingerprint density at radius 3 is 2.33 bits per heavy atom. The molecule has 86 valence electrons. The van der Waals surface area contributed by atoms with Crippen molar-refractivity contribution in [1.82, 2.24) is 10.2 Å². The van der Waals surface area contributed by atoms with Crippen molar-refractivity contribution < 1.29 is 14.7 Å². The zero-order valence-electron chi connectivity index (χ0n) is 9.25. The van der Waals surface area contributed by atoms with E-state index in [9.17, 15) is 14.7 Å². The minimum Gasteiger partial charge on any atom is -0.396 e. The van der Waals surface area contributed by atoms with Crippen LogP contribution in [0.1, 0.15) is 26.7 Å². The van der Waals surface area contributed by atoms with E-state index in [4.69, 9.17) is 0 Å². The lowest BCUT2D eigenvalue weighted by atomic mass is 9.83. The second-order valence-electron chi connectivity index (χ2n) is 4.00. The number of rotatable bonds is 5. The van der Waals surface area contributed by atoms with Gasteiger partial charge in [0.05, 0.1) is 13.2 Å². The molecule has 5 heteroatoms. The lowest BCUT2D eigenvalue weighted by Gasteiger charge is -2.32. The highest BCUT2D eigenvalue weighted by molar-refractivity contribution is 6.01. The molecule has 1 rings (SSSR count). The van der Waals surface area contributed by atoms with Crippen molar-refractivity contribution >= 4 is 11.9 Å². The van der Waals surface area contributed by atoms with Crippen LogP contribution in [0.2, 0.25) is 0 Å². The van der Waals surface area contributed by atoms with Gasteiger partial charge in [-0.1, -0.05) is 13.8 Å². The maximum absolute atomic E-state index is 11.4. The number of hydrogen-bond donors (Lipinski definition) is 2. The predicted octanol–water partition coefficient (Wildman–Crippen LogP) is 0.337. The number of hydrogen-bond acceptors (Lipinski definition) is 3. The first kappa shape index (κ1) is 12.0. The van der Waals surface area contributed by atoms with Gasteiger partial charge >= 0.3 is 6.03 Å². The van der Waals surface area contributed by atoms with E-state index in [0.29, 0.717) is 6.54 Å². The highest BCUT2D eigenvalue weighted by Gasteiger charge is 2.36. The predicted molar refractivity (Wildman–Crippen MR) is 55.2 cm³/mol. The third-order valence-corrected chi connectivity index (χ3v) is 3.27. The van der Waals surface area contributed by atoms with Crippen LogP contribution in [0.3, 0.4) is 0 Å². The van der Waals surface area contributed by atoms with E-state index < -0.39 is 0 Å². The monoisotopic (exact) mass is 214 g/mol. The molecule has 2 N–H and O–H groups in total. The fourth-order valence-electron chi connectivity index (χ4n) is 1.70. The molecule has 1 fully saturated rings. The first-order valence-corrected chi connectivity index (χ1v) is 5.27. The Bertz CT molecular complexity index is 237. The zero-order valence-corrected chi connectivity index (χ0v) is 9.25. The molecule has 0 atom stereocenters. The number of amides is 3. The topological polar surface area (TPSA) is 69.6 Å². The van der Waals surface area contributed by atoms with Gasteiger partial charge in [-0.25, -0.2) is 4.79 Å². The molecule has 3 amide bonds. The Kier molecular flexibility index (Phi) is 3.68.